The molecule has 98 valence electrons. The van der Waals surface area contributed by atoms with E-state index in [0.717, 1.165) is 0 Å². The molecule has 0 atom stereocenters. The third kappa shape index (κ3) is 3.09. The Hall–Kier alpha value is -2.31. The van der Waals surface area contributed by atoms with Gasteiger partial charge in [-0.25, -0.2) is 4.98 Å². The summed E-state index contributed by atoms with van der Waals surface area (Å²) in [5.41, 5.74) is 15.6. The van der Waals surface area contributed by atoms with Crippen molar-refractivity contribution in [1.29, 1.82) is 0 Å². The van der Waals surface area contributed by atoms with Gasteiger partial charge in [0.2, 0.25) is 5.91 Å². The molecule has 0 radical (unpaired) electrons. The van der Waals surface area contributed by atoms with Crippen LogP contribution in [0, 0.1) is 5.41 Å². The smallest absolute Gasteiger partial charge is 0.250 e. The Balaban J connectivity index is 2.84. The van der Waals surface area contributed by atoms with Gasteiger partial charge in [-0.05, 0) is 19.9 Å². The lowest BCUT2D eigenvalue weighted by Gasteiger charge is -2.21. The van der Waals surface area contributed by atoms with E-state index in [1.807, 2.05) is 0 Å². The lowest BCUT2D eigenvalue weighted by atomic mass is 9.93. The van der Waals surface area contributed by atoms with Gasteiger partial charge in [-0.15, -0.1) is 0 Å². The first kappa shape index (κ1) is 13.8. The van der Waals surface area contributed by atoms with Gasteiger partial charge in [0.05, 0.1) is 22.9 Å². The number of carbonyl (C=O) groups excluding carboxylic acids is 2. The van der Waals surface area contributed by atoms with Crippen molar-refractivity contribution in [3.8, 4) is 0 Å². The number of nitrogens with one attached hydrogen (secondary N) is 1. The molecule has 2 amide bonds. The summed E-state index contributed by atoms with van der Waals surface area (Å²) in [6, 6.07) is 1.44. The minimum absolute atomic E-state index is 0.185. The van der Waals surface area contributed by atoms with Gasteiger partial charge in [-0.1, -0.05) is 0 Å². The summed E-state index contributed by atoms with van der Waals surface area (Å²) in [5, 5.41) is 2.91. The van der Waals surface area contributed by atoms with Crippen LogP contribution in [0.4, 0.5) is 11.5 Å². The van der Waals surface area contributed by atoms with Crippen LogP contribution in [0.3, 0.4) is 0 Å². The summed E-state index contributed by atoms with van der Waals surface area (Å²) in [6.45, 7) is 3.70. The number of nitrogen functional groups attached to an aromatic ring is 1. The Morgan fingerprint density at radius 3 is 2.50 bits per heavy atom. The van der Waals surface area contributed by atoms with Crippen molar-refractivity contribution in [2.45, 2.75) is 13.8 Å². The Labute approximate surface area is 105 Å². The van der Waals surface area contributed by atoms with Gasteiger partial charge in [0.15, 0.2) is 0 Å². The van der Waals surface area contributed by atoms with E-state index in [4.69, 9.17) is 17.2 Å². The lowest BCUT2D eigenvalue weighted by molar-refractivity contribution is -0.125. The second-order valence-electron chi connectivity index (χ2n) is 4.62. The van der Waals surface area contributed by atoms with Crippen molar-refractivity contribution < 1.29 is 9.59 Å². The number of hydrogen-bond acceptors (Lipinski definition) is 5. The molecule has 1 heterocycles. The first-order valence-corrected chi connectivity index (χ1v) is 5.33. The van der Waals surface area contributed by atoms with E-state index in [-0.39, 0.29) is 17.8 Å². The molecule has 1 rings (SSSR count). The summed E-state index contributed by atoms with van der Waals surface area (Å²) in [6.07, 6.45) is 1.33. The summed E-state index contributed by atoms with van der Waals surface area (Å²) in [7, 11) is 0. The van der Waals surface area contributed by atoms with Crippen LogP contribution >= 0.6 is 0 Å². The average molecular weight is 251 g/mol. The fraction of sp³-hybridized carbons (Fsp3) is 0.364. The number of nitrogens with two attached hydrogens (primary N) is 3. The van der Waals surface area contributed by atoms with E-state index in [0.29, 0.717) is 5.82 Å². The van der Waals surface area contributed by atoms with Gasteiger partial charge in [0, 0.05) is 6.54 Å². The molecule has 0 aromatic carbocycles. The maximum Gasteiger partial charge on any atom is 0.250 e. The molecule has 0 bridgehead atoms. The molecule has 0 fully saturated rings. The zero-order valence-corrected chi connectivity index (χ0v) is 10.4. The summed E-state index contributed by atoms with van der Waals surface area (Å²) >= 11 is 0. The SMILES string of the molecule is CC(C)(CNc1cc(C(N)=O)c(N)cn1)C(N)=O. The van der Waals surface area contributed by atoms with Gasteiger partial charge in [0.25, 0.3) is 5.91 Å². The second kappa shape index (κ2) is 4.91. The fourth-order valence-corrected chi connectivity index (χ4v) is 1.17. The molecule has 7 heteroatoms. The highest BCUT2D eigenvalue weighted by Crippen LogP contribution is 2.18. The van der Waals surface area contributed by atoms with Crippen molar-refractivity contribution in [3.63, 3.8) is 0 Å². The highest BCUT2D eigenvalue weighted by molar-refractivity contribution is 5.98. The third-order valence-corrected chi connectivity index (χ3v) is 2.58. The van der Waals surface area contributed by atoms with E-state index in [1.165, 1.54) is 12.3 Å². The first-order valence-electron chi connectivity index (χ1n) is 5.33. The van der Waals surface area contributed by atoms with Crippen LogP contribution in [0.2, 0.25) is 0 Å². The summed E-state index contributed by atoms with van der Waals surface area (Å²) in [5.74, 6) is -0.653. The highest BCUT2D eigenvalue weighted by atomic mass is 16.1. The van der Waals surface area contributed by atoms with E-state index >= 15 is 0 Å². The second-order valence-corrected chi connectivity index (χ2v) is 4.62. The molecule has 7 N–H and O–H groups in total. The van der Waals surface area contributed by atoms with Crippen molar-refractivity contribution in [3.05, 3.63) is 17.8 Å². The molecular weight excluding hydrogens is 234 g/mol. The van der Waals surface area contributed by atoms with Crippen molar-refractivity contribution in [1.82, 2.24) is 4.98 Å². The van der Waals surface area contributed by atoms with Crippen LogP contribution < -0.4 is 22.5 Å². The van der Waals surface area contributed by atoms with E-state index < -0.39 is 17.2 Å². The molecule has 0 aliphatic rings. The minimum atomic E-state index is -0.726. The van der Waals surface area contributed by atoms with Gasteiger partial charge in [0.1, 0.15) is 5.82 Å². The normalized spacial score (nSPS) is 11.0. The Kier molecular flexibility index (Phi) is 3.75. The van der Waals surface area contributed by atoms with Crippen LogP contribution in [-0.2, 0) is 4.79 Å². The standard InChI is InChI=1S/C11H17N5O2/c1-11(2,10(14)18)5-16-8-3-6(9(13)17)7(12)4-15-8/h3-4H,5,12H2,1-2H3,(H2,13,17)(H2,14,18)(H,15,16). The zero-order valence-electron chi connectivity index (χ0n) is 10.4. The van der Waals surface area contributed by atoms with Crippen molar-refractivity contribution >= 4 is 23.3 Å². The van der Waals surface area contributed by atoms with E-state index in [2.05, 4.69) is 10.3 Å². The van der Waals surface area contributed by atoms with Crippen LogP contribution in [0.1, 0.15) is 24.2 Å². The minimum Gasteiger partial charge on any atom is -0.397 e. The summed E-state index contributed by atoms with van der Waals surface area (Å²) in [4.78, 5) is 26.2. The van der Waals surface area contributed by atoms with E-state index in [1.54, 1.807) is 13.8 Å². The number of rotatable bonds is 5. The van der Waals surface area contributed by atoms with Gasteiger partial charge in [-0.3, -0.25) is 9.59 Å². The third-order valence-electron chi connectivity index (χ3n) is 2.58. The first-order chi connectivity index (χ1) is 8.24. The molecule has 0 unspecified atom stereocenters. The van der Waals surface area contributed by atoms with Crippen molar-refractivity contribution in [2.24, 2.45) is 16.9 Å². The number of carbonyl (C=O) groups is 2. The molecule has 0 saturated heterocycles. The van der Waals surface area contributed by atoms with Crippen LogP contribution in [-0.4, -0.2) is 23.3 Å². The van der Waals surface area contributed by atoms with Crippen molar-refractivity contribution in [2.75, 3.05) is 17.6 Å². The maximum atomic E-state index is 11.1. The maximum absolute atomic E-state index is 11.1. The van der Waals surface area contributed by atoms with Crippen LogP contribution in [0.5, 0.6) is 0 Å². The fourth-order valence-electron chi connectivity index (χ4n) is 1.17. The highest BCUT2D eigenvalue weighted by Gasteiger charge is 2.24. The molecule has 0 spiro atoms. The molecule has 1 aromatic rings. The Bertz CT molecular complexity index is 484. The number of hydrogen-bond donors (Lipinski definition) is 4. The zero-order chi connectivity index (χ0) is 13.9. The predicted octanol–water partition coefficient (Wildman–Crippen LogP) is -0.314. The van der Waals surface area contributed by atoms with Gasteiger partial charge >= 0.3 is 0 Å². The average Bonchev–Trinajstić information content (AvgIpc) is 2.27. The molecule has 18 heavy (non-hydrogen) atoms. The topological polar surface area (TPSA) is 137 Å². The van der Waals surface area contributed by atoms with Gasteiger partial charge in [-0.2, -0.15) is 0 Å². The Morgan fingerprint density at radius 2 is 2.00 bits per heavy atom. The molecule has 7 nitrogen and oxygen atoms in total. The van der Waals surface area contributed by atoms with Crippen LogP contribution in [0.25, 0.3) is 0 Å². The quantitative estimate of drug-likeness (QED) is 0.568. The number of aromatic nitrogens is 1. The number of amides is 2. The number of primary amides is 2. The lowest BCUT2D eigenvalue weighted by Crippen LogP contribution is -2.37. The molecule has 0 aliphatic heterocycles. The summed E-state index contributed by atoms with van der Waals surface area (Å²) < 4.78 is 0. The van der Waals surface area contributed by atoms with Crippen LogP contribution in [0.15, 0.2) is 12.3 Å². The predicted molar refractivity (Wildman–Crippen MR) is 68.6 cm³/mol. The van der Waals surface area contributed by atoms with Gasteiger partial charge < -0.3 is 22.5 Å². The molecule has 0 saturated carbocycles. The van der Waals surface area contributed by atoms with E-state index in [9.17, 15) is 9.59 Å². The molecule has 1 aromatic heterocycles. The largest absolute Gasteiger partial charge is 0.397 e. The number of anilines is 2. The number of pyridine rings is 1. The number of nitrogens with zero attached hydrogens (tertiary/aromatic N) is 1. The molecular formula is C11H17N5O2. The monoisotopic (exact) mass is 251 g/mol. The molecule has 0 aliphatic carbocycles. The Morgan fingerprint density at radius 1 is 1.39 bits per heavy atom.